The standard InChI is InChI=1S/C18H22N4O2/c1-2-15-10-17(20-13-19-15)22-9-8-16(11-22)21-18(23)24-12-14-6-4-3-5-7-14/h3-7,10,13,16H,2,8-9,11-12H2,1H3,(H,21,23). The van der Waals surface area contributed by atoms with Crippen LogP contribution in [0.25, 0.3) is 0 Å². The molecule has 0 radical (unpaired) electrons. The number of benzene rings is 1. The van der Waals surface area contributed by atoms with Crippen LogP contribution in [-0.4, -0.2) is 35.2 Å². The molecule has 1 aromatic heterocycles. The Bertz CT molecular complexity index is 678. The summed E-state index contributed by atoms with van der Waals surface area (Å²) < 4.78 is 5.27. The zero-order chi connectivity index (χ0) is 16.8. The summed E-state index contributed by atoms with van der Waals surface area (Å²) in [6.07, 6.45) is 2.99. The van der Waals surface area contributed by atoms with Gasteiger partial charge in [-0.05, 0) is 18.4 Å². The Kier molecular flexibility index (Phi) is 5.25. The van der Waals surface area contributed by atoms with Gasteiger partial charge in [0.25, 0.3) is 0 Å². The zero-order valence-electron chi connectivity index (χ0n) is 13.8. The van der Waals surface area contributed by atoms with Crippen LogP contribution in [0.1, 0.15) is 24.6 Å². The topological polar surface area (TPSA) is 67.4 Å². The Labute approximate surface area is 141 Å². The Morgan fingerprint density at radius 1 is 1.33 bits per heavy atom. The summed E-state index contributed by atoms with van der Waals surface area (Å²) in [5.41, 5.74) is 2.01. The van der Waals surface area contributed by atoms with Crippen molar-refractivity contribution >= 4 is 11.9 Å². The molecule has 0 bridgehead atoms. The van der Waals surface area contributed by atoms with E-state index in [4.69, 9.17) is 4.74 Å². The first-order valence-corrected chi connectivity index (χ1v) is 8.27. The van der Waals surface area contributed by atoms with Crippen molar-refractivity contribution in [3.63, 3.8) is 0 Å². The number of carbonyl (C=O) groups excluding carboxylic acids is 1. The molecule has 2 heterocycles. The number of amides is 1. The maximum absolute atomic E-state index is 11.9. The smallest absolute Gasteiger partial charge is 0.407 e. The largest absolute Gasteiger partial charge is 0.445 e. The first-order valence-electron chi connectivity index (χ1n) is 8.27. The highest BCUT2D eigenvalue weighted by Gasteiger charge is 2.25. The molecule has 1 aliphatic rings. The molecule has 0 saturated carbocycles. The highest BCUT2D eigenvalue weighted by atomic mass is 16.5. The van der Waals surface area contributed by atoms with Crippen LogP contribution < -0.4 is 10.2 Å². The molecule has 1 aromatic carbocycles. The lowest BCUT2D eigenvalue weighted by molar-refractivity contribution is 0.136. The van der Waals surface area contributed by atoms with E-state index in [1.54, 1.807) is 6.33 Å². The zero-order valence-corrected chi connectivity index (χ0v) is 13.8. The van der Waals surface area contributed by atoms with Gasteiger partial charge in [0.05, 0.1) is 6.04 Å². The van der Waals surface area contributed by atoms with Crippen LogP contribution in [0.15, 0.2) is 42.7 Å². The van der Waals surface area contributed by atoms with E-state index in [1.165, 1.54) is 0 Å². The van der Waals surface area contributed by atoms with E-state index in [0.29, 0.717) is 0 Å². The monoisotopic (exact) mass is 326 g/mol. The van der Waals surface area contributed by atoms with Crippen molar-refractivity contribution in [2.45, 2.75) is 32.4 Å². The summed E-state index contributed by atoms with van der Waals surface area (Å²) in [5.74, 6) is 0.920. The van der Waals surface area contributed by atoms with Crippen molar-refractivity contribution in [2.24, 2.45) is 0 Å². The molecule has 6 nitrogen and oxygen atoms in total. The van der Waals surface area contributed by atoms with E-state index in [9.17, 15) is 4.79 Å². The summed E-state index contributed by atoms with van der Waals surface area (Å²) in [7, 11) is 0. The third-order valence-corrected chi connectivity index (χ3v) is 4.12. The number of carbonyl (C=O) groups is 1. The lowest BCUT2D eigenvalue weighted by Crippen LogP contribution is -2.37. The Morgan fingerprint density at radius 3 is 2.96 bits per heavy atom. The van der Waals surface area contributed by atoms with Gasteiger partial charge in [-0.2, -0.15) is 0 Å². The minimum atomic E-state index is -0.373. The van der Waals surface area contributed by atoms with Gasteiger partial charge in [0, 0.05) is 24.8 Å². The third kappa shape index (κ3) is 4.22. The number of hydrogen-bond donors (Lipinski definition) is 1. The predicted octanol–water partition coefficient (Wildman–Crippen LogP) is 2.54. The number of nitrogens with one attached hydrogen (secondary N) is 1. The van der Waals surface area contributed by atoms with Gasteiger partial charge in [0.1, 0.15) is 18.8 Å². The fraction of sp³-hybridized carbons (Fsp3) is 0.389. The minimum absolute atomic E-state index is 0.0771. The molecule has 24 heavy (non-hydrogen) atoms. The average molecular weight is 326 g/mol. The van der Waals surface area contributed by atoms with Crippen LogP contribution in [-0.2, 0) is 17.8 Å². The molecule has 126 valence electrons. The van der Waals surface area contributed by atoms with Gasteiger partial charge in [0.2, 0.25) is 0 Å². The molecule has 1 atom stereocenters. The van der Waals surface area contributed by atoms with Gasteiger partial charge in [-0.3, -0.25) is 0 Å². The van der Waals surface area contributed by atoms with Crippen LogP contribution in [0.5, 0.6) is 0 Å². The summed E-state index contributed by atoms with van der Waals surface area (Å²) >= 11 is 0. The number of anilines is 1. The molecule has 1 unspecified atom stereocenters. The second-order valence-electron chi connectivity index (χ2n) is 5.86. The summed E-state index contributed by atoms with van der Waals surface area (Å²) in [6, 6.07) is 11.8. The number of hydrogen-bond acceptors (Lipinski definition) is 5. The van der Waals surface area contributed by atoms with Crippen LogP contribution in [0.4, 0.5) is 10.6 Å². The van der Waals surface area contributed by atoms with Crippen molar-refractivity contribution in [3.8, 4) is 0 Å². The second-order valence-corrected chi connectivity index (χ2v) is 5.86. The average Bonchev–Trinajstić information content (AvgIpc) is 3.09. The molecular weight excluding hydrogens is 304 g/mol. The fourth-order valence-corrected chi connectivity index (χ4v) is 2.77. The van der Waals surface area contributed by atoms with Gasteiger partial charge in [-0.1, -0.05) is 37.3 Å². The van der Waals surface area contributed by atoms with Crippen LogP contribution in [0.3, 0.4) is 0 Å². The molecule has 2 aromatic rings. The number of ether oxygens (including phenoxy) is 1. The van der Waals surface area contributed by atoms with Gasteiger partial charge in [-0.15, -0.1) is 0 Å². The van der Waals surface area contributed by atoms with Crippen molar-refractivity contribution in [1.82, 2.24) is 15.3 Å². The van der Waals surface area contributed by atoms with Crippen molar-refractivity contribution in [2.75, 3.05) is 18.0 Å². The number of alkyl carbamates (subject to hydrolysis) is 1. The van der Waals surface area contributed by atoms with Crippen molar-refractivity contribution < 1.29 is 9.53 Å². The highest BCUT2D eigenvalue weighted by Crippen LogP contribution is 2.18. The maximum Gasteiger partial charge on any atom is 0.407 e. The lowest BCUT2D eigenvalue weighted by atomic mass is 10.2. The molecule has 3 rings (SSSR count). The van der Waals surface area contributed by atoms with Gasteiger partial charge in [-0.25, -0.2) is 14.8 Å². The van der Waals surface area contributed by atoms with Crippen molar-refractivity contribution in [3.05, 3.63) is 54.0 Å². The first kappa shape index (κ1) is 16.2. The summed E-state index contributed by atoms with van der Waals surface area (Å²) in [4.78, 5) is 22.7. The molecule has 6 heteroatoms. The van der Waals surface area contributed by atoms with E-state index >= 15 is 0 Å². The predicted molar refractivity (Wildman–Crippen MR) is 91.8 cm³/mol. The van der Waals surface area contributed by atoms with E-state index in [-0.39, 0.29) is 18.7 Å². The molecule has 1 aliphatic heterocycles. The van der Waals surface area contributed by atoms with E-state index < -0.39 is 0 Å². The van der Waals surface area contributed by atoms with E-state index in [1.807, 2.05) is 36.4 Å². The molecular formula is C18H22N4O2. The highest BCUT2D eigenvalue weighted by molar-refractivity contribution is 5.68. The SMILES string of the molecule is CCc1cc(N2CCC(NC(=O)OCc3ccccc3)C2)ncn1. The normalized spacial score (nSPS) is 16.9. The van der Waals surface area contributed by atoms with Crippen LogP contribution in [0.2, 0.25) is 0 Å². The number of rotatable bonds is 5. The fourth-order valence-electron chi connectivity index (χ4n) is 2.77. The molecule has 0 aliphatic carbocycles. The van der Waals surface area contributed by atoms with E-state index in [0.717, 1.165) is 43.0 Å². The summed E-state index contributed by atoms with van der Waals surface area (Å²) in [5, 5.41) is 2.93. The van der Waals surface area contributed by atoms with Crippen LogP contribution in [0, 0.1) is 0 Å². The minimum Gasteiger partial charge on any atom is -0.445 e. The number of aryl methyl sites for hydroxylation is 1. The van der Waals surface area contributed by atoms with Gasteiger partial charge < -0.3 is 15.0 Å². The van der Waals surface area contributed by atoms with Gasteiger partial charge in [0.15, 0.2) is 0 Å². The quantitative estimate of drug-likeness (QED) is 0.914. The van der Waals surface area contributed by atoms with Crippen molar-refractivity contribution in [1.29, 1.82) is 0 Å². The molecule has 1 N–H and O–H groups in total. The maximum atomic E-state index is 11.9. The Morgan fingerprint density at radius 2 is 2.17 bits per heavy atom. The summed E-state index contributed by atoms with van der Waals surface area (Å²) in [6.45, 7) is 3.96. The van der Waals surface area contributed by atoms with E-state index in [2.05, 4.69) is 27.1 Å². The Balaban J connectivity index is 1.48. The Hall–Kier alpha value is -2.63. The number of nitrogens with zero attached hydrogens (tertiary/aromatic N) is 3. The second kappa shape index (κ2) is 7.77. The third-order valence-electron chi connectivity index (χ3n) is 4.12. The van der Waals surface area contributed by atoms with Gasteiger partial charge >= 0.3 is 6.09 Å². The first-order chi connectivity index (χ1) is 11.7. The lowest BCUT2D eigenvalue weighted by Gasteiger charge is -2.18. The number of aromatic nitrogens is 2. The molecule has 1 fully saturated rings. The molecule has 0 spiro atoms. The molecule has 1 saturated heterocycles. The molecule has 1 amide bonds. The van der Waals surface area contributed by atoms with Crippen LogP contribution >= 0.6 is 0 Å².